The number of piperidine rings is 1. The van der Waals surface area contributed by atoms with Crippen molar-refractivity contribution >= 4 is 36.9 Å². The molecule has 2 aromatic heterocycles. The third-order valence-electron chi connectivity index (χ3n) is 8.06. The van der Waals surface area contributed by atoms with E-state index in [-0.39, 0.29) is 44.2 Å². The topological polar surface area (TPSA) is 134 Å². The molecule has 11 nitrogen and oxygen atoms in total. The van der Waals surface area contributed by atoms with Crippen molar-refractivity contribution in [3.8, 4) is 5.75 Å². The second-order valence-electron chi connectivity index (χ2n) is 11.1. The van der Waals surface area contributed by atoms with Crippen LogP contribution < -0.4 is 10.1 Å². The van der Waals surface area contributed by atoms with Crippen LogP contribution in [0.4, 0.5) is 0 Å². The maximum Gasteiger partial charge on any atom is 0.270 e. The molecular formula is C30H39ClN6O5S. The second kappa shape index (κ2) is 15.0. The first kappa shape index (κ1) is 32.7. The molecule has 2 aliphatic rings. The fourth-order valence-electron chi connectivity index (χ4n) is 5.57. The highest BCUT2D eigenvalue weighted by molar-refractivity contribution is 7.59. The molecule has 0 aliphatic carbocycles. The highest BCUT2D eigenvalue weighted by Gasteiger charge is 2.24. The predicted molar refractivity (Wildman–Crippen MR) is 165 cm³/mol. The molecule has 1 fully saturated rings. The number of rotatable bonds is 10. The van der Waals surface area contributed by atoms with Crippen LogP contribution in [-0.4, -0.2) is 80.5 Å². The van der Waals surface area contributed by atoms with Crippen LogP contribution in [0.1, 0.15) is 58.5 Å². The number of β-amino-alcohol motifs (C(OH)–C–C–N with tert-alkyl or cyclic N) is 1. The number of hydrogen-bond donors (Lipinski definition) is 2. The minimum atomic E-state index is -0.744. The number of benzene rings is 1. The van der Waals surface area contributed by atoms with Gasteiger partial charge in [0.2, 0.25) is 5.91 Å². The van der Waals surface area contributed by atoms with Crippen molar-refractivity contribution in [3.63, 3.8) is 0 Å². The summed E-state index contributed by atoms with van der Waals surface area (Å²) in [4.78, 5) is 40.9. The molecule has 0 unspecified atom stereocenters. The summed E-state index contributed by atoms with van der Waals surface area (Å²) in [5.41, 5.74) is 4.02. The normalized spacial score (nSPS) is 16.2. The van der Waals surface area contributed by atoms with Crippen LogP contribution in [-0.2, 0) is 30.8 Å². The van der Waals surface area contributed by atoms with Gasteiger partial charge < -0.3 is 24.5 Å². The summed E-state index contributed by atoms with van der Waals surface area (Å²) in [5.74, 6) is 1.46. The number of ether oxygens (including phenoxy) is 1. The van der Waals surface area contributed by atoms with Gasteiger partial charge in [-0.1, -0.05) is 17.7 Å². The van der Waals surface area contributed by atoms with Crippen molar-refractivity contribution in [2.45, 2.75) is 58.8 Å². The molecule has 232 valence electrons. The number of halogens is 1. The standard InChI is InChI=1S/C30H37ClN6O5.H2S/c1-19-28(42-18-35-19)16-41-27-4-3-22-14-36(8-7-25(22)29(27)31)15-24(39)13-32-30(40)26-12-23(33-17-34-26)11-21-5-9-37(10-6-21)20(2)38;/h3-4,12,17-18,21,24,39H,5-11,13-16H2,1-2H3,(H,32,40);1H2/t24-;/m0./s1. The molecule has 2 amide bonds. The average molecular weight is 631 g/mol. The molecular weight excluding hydrogens is 592 g/mol. The van der Waals surface area contributed by atoms with Crippen molar-refractivity contribution in [2.75, 3.05) is 32.7 Å². The summed E-state index contributed by atoms with van der Waals surface area (Å²) in [6, 6.07) is 5.58. The fraction of sp³-hybridized carbons (Fsp3) is 0.500. The summed E-state index contributed by atoms with van der Waals surface area (Å²) in [7, 11) is 0. The Balaban J connectivity index is 0.00000423. The lowest BCUT2D eigenvalue weighted by molar-refractivity contribution is -0.130. The monoisotopic (exact) mass is 630 g/mol. The molecule has 1 atom stereocenters. The van der Waals surface area contributed by atoms with Crippen molar-refractivity contribution in [3.05, 3.63) is 69.9 Å². The molecule has 2 aliphatic heterocycles. The van der Waals surface area contributed by atoms with Crippen LogP contribution in [0.15, 0.2) is 35.3 Å². The summed E-state index contributed by atoms with van der Waals surface area (Å²) >= 11 is 6.67. The van der Waals surface area contributed by atoms with E-state index in [2.05, 4.69) is 25.2 Å². The molecule has 5 rings (SSSR count). The van der Waals surface area contributed by atoms with Crippen LogP contribution in [0.5, 0.6) is 5.75 Å². The third kappa shape index (κ3) is 8.47. The molecule has 2 N–H and O–H groups in total. The maximum absolute atomic E-state index is 12.8. The van der Waals surface area contributed by atoms with Crippen LogP contribution in [0, 0.1) is 12.8 Å². The number of carbonyl (C=O) groups excluding carboxylic acids is 2. The summed E-state index contributed by atoms with van der Waals surface area (Å²) in [6.07, 6.45) is 5.37. The molecule has 1 saturated heterocycles. The molecule has 0 radical (unpaired) electrons. The predicted octanol–water partition coefficient (Wildman–Crippen LogP) is 3.07. The van der Waals surface area contributed by atoms with Gasteiger partial charge in [-0.3, -0.25) is 14.5 Å². The maximum atomic E-state index is 12.8. The smallest absolute Gasteiger partial charge is 0.270 e. The number of oxazole rings is 1. The van der Waals surface area contributed by atoms with Crippen molar-refractivity contribution in [2.24, 2.45) is 5.92 Å². The Morgan fingerprint density at radius 1 is 1.21 bits per heavy atom. The number of amides is 2. The van der Waals surface area contributed by atoms with E-state index in [1.54, 1.807) is 13.0 Å². The zero-order valence-corrected chi connectivity index (χ0v) is 26.3. The van der Waals surface area contributed by atoms with E-state index in [0.717, 1.165) is 67.8 Å². The van der Waals surface area contributed by atoms with Crippen molar-refractivity contribution < 1.29 is 23.8 Å². The molecule has 1 aromatic carbocycles. The quantitative estimate of drug-likeness (QED) is 0.347. The average Bonchev–Trinajstić information content (AvgIpc) is 3.40. The number of aliphatic hydroxyl groups excluding tert-OH is 1. The van der Waals surface area contributed by atoms with E-state index < -0.39 is 6.10 Å². The van der Waals surface area contributed by atoms with E-state index in [4.69, 9.17) is 20.8 Å². The number of aryl methyl sites for hydroxylation is 1. The molecule has 0 bridgehead atoms. The van der Waals surface area contributed by atoms with Gasteiger partial charge in [-0.2, -0.15) is 13.5 Å². The van der Waals surface area contributed by atoms with Crippen LogP contribution in [0.3, 0.4) is 0 Å². The van der Waals surface area contributed by atoms with Crippen LogP contribution >= 0.6 is 25.1 Å². The number of aromatic nitrogens is 3. The van der Waals surface area contributed by atoms with Crippen LogP contribution in [0.25, 0.3) is 0 Å². The zero-order chi connectivity index (χ0) is 29.6. The summed E-state index contributed by atoms with van der Waals surface area (Å²) in [6.45, 7) is 7.12. The van der Waals surface area contributed by atoms with Gasteiger partial charge in [-0.05, 0) is 61.8 Å². The number of hydrogen-bond acceptors (Lipinski definition) is 9. The Labute approximate surface area is 263 Å². The SMILES string of the molecule is CC(=O)N1CCC(Cc2cc(C(=O)NC[C@H](O)CN3CCc4c(ccc(OCc5ocnc5C)c4Cl)C3)ncn2)CC1.S. The van der Waals surface area contributed by atoms with E-state index in [1.165, 1.54) is 12.7 Å². The Kier molecular flexibility index (Phi) is 11.4. The minimum Gasteiger partial charge on any atom is -0.484 e. The van der Waals surface area contributed by atoms with E-state index >= 15 is 0 Å². The number of aliphatic hydroxyl groups is 1. The highest BCUT2D eigenvalue weighted by atomic mass is 35.5. The second-order valence-corrected chi connectivity index (χ2v) is 11.4. The molecule has 43 heavy (non-hydrogen) atoms. The van der Waals surface area contributed by atoms with Gasteiger partial charge in [-0.15, -0.1) is 0 Å². The lowest BCUT2D eigenvalue weighted by atomic mass is 9.92. The Morgan fingerprint density at radius 3 is 2.72 bits per heavy atom. The van der Waals surface area contributed by atoms with Gasteiger partial charge in [0.15, 0.2) is 12.2 Å². The van der Waals surface area contributed by atoms with E-state index in [9.17, 15) is 14.7 Å². The largest absolute Gasteiger partial charge is 0.484 e. The lowest BCUT2D eigenvalue weighted by Gasteiger charge is -2.31. The number of likely N-dealkylation sites (tertiary alicyclic amines) is 1. The first-order valence-electron chi connectivity index (χ1n) is 14.3. The molecule has 13 heteroatoms. The fourth-order valence-corrected chi connectivity index (χ4v) is 5.90. The number of nitrogens with zero attached hydrogens (tertiary/aromatic N) is 5. The Hall–Kier alpha value is -3.19. The summed E-state index contributed by atoms with van der Waals surface area (Å²) in [5, 5.41) is 14.1. The van der Waals surface area contributed by atoms with Crippen LogP contribution in [0.2, 0.25) is 5.02 Å². The number of fused-ring (bicyclic) bond motifs is 1. The third-order valence-corrected chi connectivity index (χ3v) is 8.48. The Bertz CT molecular complexity index is 1410. The van der Waals surface area contributed by atoms with Gasteiger partial charge >= 0.3 is 0 Å². The zero-order valence-electron chi connectivity index (χ0n) is 24.5. The summed E-state index contributed by atoms with van der Waals surface area (Å²) < 4.78 is 11.2. The minimum absolute atomic E-state index is 0. The first-order valence-corrected chi connectivity index (χ1v) is 14.7. The molecule has 0 saturated carbocycles. The van der Waals surface area contributed by atoms with E-state index in [1.807, 2.05) is 24.0 Å². The molecule has 3 aromatic rings. The van der Waals surface area contributed by atoms with Gasteiger partial charge in [0, 0.05) is 51.9 Å². The Morgan fingerprint density at radius 2 is 2.00 bits per heavy atom. The highest BCUT2D eigenvalue weighted by Crippen LogP contribution is 2.34. The van der Waals surface area contributed by atoms with Gasteiger partial charge in [0.25, 0.3) is 5.91 Å². The van der Waals surface area contributed by atoms with E-state index in [0.29, 0.717) is 35.5 Å². The van der Waals surface area contributed by atoms with Gasteiger partial charge in [-0.25, -0.2) is 15.0 Å². The van der Waals surface area contributed by atoms with Crippen molar-refractivity contribution in [1.29, 1.82) is 0 Å². The number of carbonyl (C=O) groups is 2. The first-order chi connectivity index (χ1) is 20.3. The van der Waals surface area contributed by atoms with Gasteiger partial charge in [0.05, 0.1) is 16.8 Å². The van der Waals surface area contributed by atoms with Crippen molar-refractivity contribution in [1.82, 2.24) is 30.1 Å². The van der Waals surface area contributed by atoms with Gasteiger partial charge in [0.1, 0.15) is 24.4 Å². The number of nitrogens with one attached hydrogen (secondary N) is 1. The lowest BCUT2D eigenvalue weighted by Crippen LogP contribution is -2.42. The molecule has 0 spiro atoms. The molecule has 4 heterocycles.